The average Bonchev–Trinajstić information content (AvgIpc) is 2.79. The van der Waals surface area contributed by atoms with Crippen LogP contribution in [0.2, 0.25) is 5.02 Å². The van der Waals surface area contributed by atoms with Gasteiger partial charge >= 0.3 is 0 Å². The summed E-state index contributed by atoms with van der Waals surface area (Å²) in [6, 6.07) is 5.31. The minimum atomic E-state index is 0.211. The number of nitriles is 1. The van der Waals surface area contributed by atoms with E-state index in [1.54, 1.807) is 12.1 Å². The van der Waals surface area contributed by atoms with Crippen LogP contribution >= 0.6 is 23.4 Å². The molecule has 0 unspecified atom stereocenters. The Morgan fingerprint density at radius 1 is 1.47 bits per heavy atom. The van der Waals surface area contributed by atoms with Gasteiger partial charge < -0.3 is 0 Å². The van der Waals surface area contributed by atoms with Crippen molar-refractivity contribution >= 4 is 23.4 Å². The summed E-state index contributed by atoms with van der Waals surface area (Å²) >= 11 is 7.08. The van der Waals surface area contributed by atoms with Crippen LogP contribution in [0.5, 0.6) is 0 Å². The fourth-order valence-corrected chi connectivity index (χ4v) is 1.99. The van der Waals surface area contributed by atoms with E-state index in [-0.39, 0.29) is 5.69 Å². The third-order valence-corrected chi connectivity index (χ3v) is 3.07. The Morgan fingerprint density at radius 3 is 2.94 bits per heavy atom. The van der Waals surface area contributed by atoms with Gasteiger partial charge in [-0.25, -0.2) is 9.97 Å². The molecule has 0 aliphatic carbocycles. The predicted octanol–water partition coefficient (Wildman–Crippen LogP) is 2.44. The second-order valence-corrected chi connectivity index (χ2v) is 4.51. The zero-order valence-corrected chi connectivity index (χ0v) is 10.5. The Morgan fingerprint density at radius 2 is 2.29 bits per heavy atom. The van der Waals surface area contributed by atoms with E-state index in [2.05, 4.69) is 20.2 Å². The van der Waals surface area contributed by atoms with E-state index in [0.717, 1.165) is 12.2 Å². The smallest absolute Gasteiger partial charge is 0.214 e. The SMILES string of the molecule is CCc1nc(Sc2ccc(Cl)c(C#N)n2)n[nH]1. The van der Waals surface area contributed by atoms with Gasteiger partial charge in [-0.1, -0.05) is 18.5 Å². The number of aromatic nitrogens is 4. The van der Waals surface area contributed by atoms with E-state index in [1.165, 1.54) is 11.8 Å². The molecular formula is C10H8ClN5S. The van der Waals surface area contributed by atoms with Crippen molar-refractivity contribution in [1.29, 1.82) is 5.26 Å². The molecule has 2 aromatic rings. The summed E-state index contributed by atoms with van der Waals surface area (Å²) in [5, 5.41) is 17.2. The molecule has 2 aromatic heterocycles. The zero-order valence-electron chi connectivity index (χ0n) is 8.94. The molecule has 0 saturated heterocycles. The minimum absolute atomic E-state index is 0.211. The second-order valence-electron chi connectivity index (χ2n) is 3.11. The fourth-order valence-electron chi connectivity index (χ4n) is 1.13. The van der Waals surface area contributed by atoms with Crippen molar-refractivity contribution in [3.8, 4) is 6.07 Å². The number of H-pyrrole nitrogens is 1. The predicted molar refractivity (Wildman–Crippen MR) is 63.8 cm³/mol. The number of pyridine rings is 1. The average molecular weight is 266 g/mol. The maximum Gasteiger partial charge on any atom is 0.214 e. The van der Waals surface area contributed by atoms with Gasteiger partial charge in [-0.2, -0.15) is 5.26 Å². The lowest BCUT2D eigenvalue weighted by atomic mass is 10.4. The summed E-state index contributed by atoms with van der Waals surface area (Å²) in [5.74, 6) is 0.821. The van der Waals surface area contributed by atoms with Gasteiger partial charge in [-0.15, -0.1) is 5.10 Å². The summed E-state index contributed by atoms with van der Waals surface area (Å²) < 4.78 is 0. The summed E-state index contributed by atoms with van der Waals surface area (Å²) in [7, 11) is 0. The first-order valence-corrected chi connectivity index (χ1v) is 6.08. The number of aryl methyl sites for hydroxylation is 1. The van der Waals surface area contributed by atoms with Crippen LogP contribution in [0.4, 0.5) is 0 Å². The Balaban J connectivity index is 2.21. The molecule has 0 atom stereocenters. The number of hydrogen-bond donors (Lipinski definition) is 1. The maximum absolute atomic E-state index is 8.81. The van der Waals surface area contributed by atoms with Gasteiger partial charge in [0.1, 0.15) is 16.9 Å². The Kier molecular flexibility index (Phi) is 3.61. The normalized spacial score (nSPS) is 10.2. The molecule has 0 aromatic carbocycles. The van der Waals surface area contributed by atoms with Gasteiger partial charge in [0.15, 0.2) is 5.69 Å². The molecule has 0 amide bonds. The van der Waals surface area contributed by atoms with Crippen LogP contribution in [0.15, 0.2) is 22.3 Å². The van der Waals surface area contributed by atoms with Gasteiger partial charge in [0, 0.05) is 6.42 Å². The van der Waals surface area contributed by atoms with Gasteiger partial charge in [-0.3, -0.25) is 5.10 Å². The molecule has 7 heteroatoms. The number of aromatic amines is 1. The van der Waals surface area contributed by atoms with Crippen LogP contribution in [-0.4, -0.2) is 20.2 Å². The molecule has 0 fully saturated rings. The highest BCUT2D eigenvalue weighted by atomic mass is 35.5. The molecule has 1 N–H and O–H groups in total. The van der Waals surface area contributed by atoms with E-state index in [0.29, 0.717) is 15.2 Å². The standard InChI is InChI=1S/C10H8ClN5S/c1-2-8-14-10(16-15-8)17-9-4-3-6(11)7(5-12)13-9/h3-4H,2H2,1H3,(H,14,15,16). The van der Waals surface area contributed by atoms with E-state index in [9.17, 15) is 0 Å². The molecule has 2 rings (SSSR count). The molecule has 17 heavy (non-hydrogen) atoms. The lowest BCUT2D eigenvalue weighted by Crippen LogP contribution is -1.87. The zero-order chi connectivity index (χ0) is 12.3. The molecule has 0 aliphatic rings. The van der Waals surface area contributed by atoms with Crippen LogP contribution in [-0.2, 0) is 6.42 Å². The molecule has 0 bridgehead atoms. The van der Waals surface area contributed by atoms with Gasteiger partial charge in [0.25, 0.3) is 0 Å². The monoisotopic (exact) mass is 265 g/mol. The fraction of sp³-hybridized carbons (Fsp3) is 0.200. The quantitative estimate of drug-likeness (QED) is 0.922. The third kappa shape index (κ3) is 2.75. The Hall–Kier alpha value is -1.58. The van der Waals surface area contributed by atoms with Crippen LogP contribution in [0.3, 0.4) is 0 Å². The number of nitrogens with zero attached hydrogens (tertiary/aromatic N) is 4. The number of halogens is 1. The molecular weight excluding hydrogens is 258 g/mol. The van der Waals surface area contributed by atoms with Crippen molar-refractivity contribution < 1.29 is 0 Å². The third-order valence-electron chi connectivity index (χ3n) is 1.97. The van der Waals surface area contributed by atoms with Crippen LogP contribution in [0, 0.1) is 11.3 Å². The second kappa shape index (κ2) is 5.17. The molecule has 0 spiro atoms. The lowest BCUT2D eigenvalue weighted by molar-refractivity contribution is 0.940. The highest BCUT2D eigenvalue weighted by Gasteiger charge is 2.08. The first-order chi connectivity index (χ1) is 8.22. The van der Waals surface area contributed by atoms with Gasteiger partial charge in [-0.05, 0) is 23.9 Å². The summed E-state index contributed by atoms with van der Waals surface area (Å²) in [4.78, 5) is 8.34. The molecule has 5 nitrogen and oxygen atoms in total. The summed E-state index contributed by atoms with van der Waals surface area (Å²) in [6.45, 7) is 1.99. The number of hydrogen-bond acceptors (Lipinski definition) is 5. The van der Waals surface area contributed by atoms with Crippen molar-refractivity contribution in [2.24, 2.45) is 0 Å². The molecule has 0 saturated carbocycles. The first kappa shape index (κ1) is 11.9. The summed E-state index contributed by atoms with van der Waals surface area (Å²) in [5.41, 5.74) is 0.211. The molecule has 2 heterocycles. The summed E-state index contributed by atoms with van der Waals surface area (Å²) in [6.07, 6.45) is 0.797. The van der Waals surface area contributed by atoms with Crippen molar-refractivity contribution in [1.82, 2.24) is 20.2 Å². The van der Waals surface area contributed by atoms with E-state index < -0.39 is 0 Å². The minimum Gasteiger partial charge on any atom is -0.262 e. The van der Waals surface area contributed by atoms with Crippen molar-refractivity contribution in [2.75, 3.05) is 0 Å². The van der Waals surface area contributed by atoms with E-state index in [4.69, 9.17) is 16.9 Å². The lowest BCUT2D eigenvalue weighted by Gasteiger charge is -1.98. The van der Waals surface area contributed by atoms with E-state index in [1.807, 2.05) is 13.0 Å². The largest absolute Gasteiger partial charge is 0.262 e. The Labute approximate surface area is 107 Å². The van der Waals surface area contributed by atoms with Crippen LogP contribution in [0.1, 0.15) is 18.4 Å². The van der Waals surface area contributed by atoms with Gasteiger partial charge in [0.2, 0.25) is 5.16 Å². The van der Waals surface area contributed by atoms with E-state index >= 15 is 0 Å². The number of rotatable bonds is 3. The van der Waals surface area contributed by atoms with Crippen LogP contribution in [0.25, 0.3) is 0 Å². The number of nitrogens with one attached hydrogen (secondary N) is 1. The highest BCUT2D eigenvalue weighted by Crippen LogP contribution is 2.25. The van der Waals surface area contributed by atoms with Crippen molar-refractivity contribution in [3.63, 3.8) is 0 Å². The van der Waals surface area contributed by atoms with Gasteiger partial charge in [0.05, 0.1) is 5.02 Å². The highest BCUT2D eigenvalue weighted by molar-refractivity contribution is 7.99. The molecule has 86 valence electrons. The topological polar surface area (TPSA) is 78.2 Å². The van der Waals surface area contributed by atoms with Crippen molar-refractivity contribution in [3.05, 3.63) is 28.7 Å². The first-order valence-electron chi connectivity index (χ1n) is 4.88. The Bertz CT molecular complexity index is 574. The molecule has 0 radical (unpaired) electrons. The van der Waals surface area contributed by atoms with Crippen LogP contribution < -0.4 is 0 Å². The van der Waals surface area contributed by atoms with Crippen molar-refractivity contribution in [2.45, 2.75) is 23.5 Å². The maximum atomic E-state index is 8.81. The molecule has 0 aliphatic heterocycles.